The maximum atomic E-state index is 10.1. The van der Waals surface area contributed by atoms with Crippen LogP contribution in [0.2, 0.25) is 0 Å². The van der Waals surface area contributed by atoms with Gasteiger partial charge < -0.3 is 9.51 Å². The lowest BCUT2D eigenvalue weighted by Crippen LogP contribution is -2.42. The lowest BCUT2D eigenvalue weighted by atomic mass is 9.91. The van der Waals surface area contributed by atoms with E-state index in [0.717, 1.165) is 37.1 Å². The molecule has 0 aliphatic heterocycles. The molecule has 1 aliphatic rings. The summed E-state index contributed by atoms with van der Waals surface area (Å²) in [6.07, 6.45) is 8.39. The zero-order valence-electron chi connectivity index (χ0n) is 12.3. The quantitative estimate of drug-likeness (QED) is 0.933. The zero-order valence-corrected chi connectivity index (χ0v) is 12.3. The third kappa shape index (κ3) is 2.72. The van der Waals surface area contributed by atoms with Crippen LogP contribution in [0.1, 0.15) is 36.9 Å². The minimum atomic E-state index is -0.187. The van der Waals surface area contributed by atoms with Crippen LogP contribution in [0.5, 0.6) is 0 Å². The Morgan fingerprint density at radius 2 is 2.10 bits per heavy atom. The molecule has 0 saturated heterocycles. The second kappa shape index (κ2) is 5.54. The average Bonchev–Trinajstić information content (AvgIpc) is 2.80. The van der Waals surface area contributed by atoms with Crippen molar-refractivity contribution >= 4 is 5.65 Å². The van der Waals surface area contributed by atoms with E-state index in [1.54, 1.807) is 0 Å². The molecule has 4 nitrogen and oxygen atoms in total. The van der Waals surface area contributed by atoms with Gasteiger partial charge in [-0.2, -0.15) is 0 Å². The van der Waals surface area contributed by atoms with Gasteiger partial charge in [-0.25, -0.2) is 4.98 Å². The van der Waals surface area contributed by atoms with Gasteiger partial charge in [-0.3, -0.25) is 4.90 Å². The number of aliphatic hydroxyl groups excluding tert-OH is 1. The van der Waals surface area contributed by atoms with Crippen LogP contribution in [0.15, 0.2) is 24.5 Å². The van der Waals surface area contributed by atoms with E-state index in [0.29, 0.717) is 0 Å². The number of pyridine rings is 1. The molecule has 0 amide bonds. The fourth-order valence-electron chi connectivity index (χ4n) is 3.21. The number of aryl methyl sites for hydroxylation is 1. The van der Waals surface area contributed by atoms with Gasteiger partial charge in [-0.1, -0.05) is 18.9 Å². The molecule has 2 aromatic heterocycles. The highest BCUT2D eigenvalue weighted by Crippen LogP contribution is 2.23. The third-order valence-electron chi connectivity index (χ3n) is 4.32. The first kappa shape index (κ1) is 13.6. The van der Waals surface area contributed by atoms with Crippen LogP contribution in [-0.2, 0) is 6.54 Å². The van der Waals surface area contributed by atoms with E-state index < -0.39 is 0 Å². The van der Waals surface area contributed by atoms with Crippen LogP contribution in [-0.4, -0.2) is 38.6 Å². The first-order valence-electron chi connectivity index (χ1n) is 7.46. The topological polar surface area (TPSA) is 40.8 Å². The Balaban J connectivity index is 1.75. The lowest BCUT2D eigenvalue weighted by molar-refractivity contribution is 0.0284. The van der Waals surface area contributed by atoms with Crippen LogP contribution < -0.4 is 0 Å². The standard InChI is InChI=1S/C16H23N3O/c1-12-7-8-16-17-13(11-19(16)9-12)10-18(2)14-5-3-4-6-15(14)20/h7-9,11,14-15,20H,3-6,10H2,1-2H3. The second-order valence-corrected chi connectivity index (χ2v) is 6.04. The number of fused-ring (bicyclic) bond motifs is 1. The molecule has 1 N–H and O–H groups in total. The Bertz CT molecular complexity index is 592. The Morgan fingerprint density at radius 3 is 2.90 bits per heavy atom. The van der Waals surface area contributed by atoms with E-state index in [4.69, 9.17) is 0 Å². The lowest BCUT2D eigenvalue weighted by Gasteiger charge is -2.34. The highest BCUT2D eigenvalue weighted by atomic mass is 16.3. The molecule has 108 valence electrons. The van der Waals surface area contributed by atoms with Gasteiger partial charge in [0.1, 0.15) is 5.65 Å². The third-order valence-corrected chi connectivity index (χ3v) is 4.32. The van der Waals surface area contributed by atoms with E-state index in [1.165, 1.54) is 12.0 Å². The molecule has 2 unspecified atom stereocenters. The van der Waals surface area contributed by atoms with E-state index in [2.05, 4.69) is 46.7 Å². The van der Waals surface area contributed by atoms with Gasteiger partial charge in [0.05, 0.1) is 11.8 Å². The van der Waals surface area contributed by atoms with Crippen molar-refractivity contribution in [3.05, 3.63) is 35.8 Å². The molecule has 2 heterocycles. The van der Waals surface area contributed by atoms with Crippen molar-refractivity contribution in [2.24, 2.45) is 0 Å². The predicted molar refractivity (Wildman–Crippen MR) is 79.7 cm³/mol. The van der Waals surface area contributed by atoms with Crippen molar-refractivity contribution in [3.8, 4) is 0 Å². The molecule has 0 aromatic carbocycles. The van der Waals surface area contributed by atoms with E-state index in [-0.39, 0.29) is 12.1 Å². The van der Waals surface area contributed by atoms with E-state index >= 15 is 0 Å². The molecule has 20 heavy (non-hydrogen) atoms. The normalized spacial score (nSPS) is 23.6. The Hall–Kier alpha value is -1.39. The maximum Gasteiger partial charge on any atom is 0.137 e. The molecule has 4 heteroatoms. The molecule has 0 spiro atoms. The zero-order chi connectivity index (χ0) is 14.1. The summed E-state index contributed by atoms with van der Waals surface area (Å²) >= 11 is 0. The number of rotatable bonds is 3. The Kier molecular flexibility index (Phi) is 3.76. The van der Waals surface area contributed by atoms with E-state index in [1.807, 2.05) is 6.07 Å². The summed E-state index contributed by atoms with van der Waals surface area (Å²) in [5, 5.41) is 10.1. The van der Waals surface area contributed by atoms with Gasteiger partial charge in [-0.05, 0) is 38.4 Å². The van der Waals surface area contributed by atoms with Crippen molar-refractivity contribution in [2.45, 2.75) is 51.3 Å². The van der Waals surface area contributed by atoms with Crippen LogP contribution in [0.25, 0.3) is 5.65 Å². The van der Waals surface area contributed by atoms with Crippen LogP contribution in [0, 0.1) is 6.92 Å². The number of aromatic nitrogens is 2. The van der Waals surface area contributed by atoms with Crippen molar-refractivity contribution in [3.63, 3.8) is 0 Å². The summed E-state index contributed by atoms with van der Waals surface area (Å²) < 4.78 is 2.08. The van der Waals surface area contributed by atoms with Gasteiger partial charge in [0.25, 0.3) is 0 Å². The molecule has 1 aliphatic carbocycles. The van der Waals surface area contributed by atoms with Crippen molar-refractivity contribution in [1.29, 1.82) is 0 Å². The number of imidazole rings is 1. The summed E-state index contributed by atoms with van der Waals surface area (Å²) in [6, 6.07) is 4.41. The summed E-state index contributed by atoms with van der Waals surface area (Å²) in [5.74, 6) is 0. The molecule has 2 atom stereocenters. The van der Waals surface area contributed by atoms with Crippen LogP contribution in [0.3, 0.4) is 0 Å². The fourth-order valence-corrected chi connectivity index (χ4v) is 3.21. The van der Waals surface area contributed by atoms with Crippen LogP contribution >= 0.6 is 0 Å². The summed E-state index contributed by atoms with van der Waals surface area (Å²) in [6.45, 7) is 2.88. The highest BCUT2D eigenvalue weighted by Gasteiger charge is 2.26. The van der Waals surface area contributed by atoms with Gasteiger partial charge >= 0.3 is 0 Å². The molecule has 1 saturated carbocycles. The number of nitrogens with zero attached hydrogens (tertiary/aromatic N) is 3. The molecule has 2 aromatic rings. The molecule has 3 rings (SSSR count). The summed E-state index contributed by atoms with van der Waals surface area (Å²) in [5.41, 5.74) is 3.29. The largest absolute Gasteiger partial charge is 0.391 e. The van der Waals surface area contributed by atoms with Crippen LogP contribution in [0.4, 0.5) is 0 Å². The minimum absolute atomic E-state index is 0.187. The minimum Gasteiger partial charge on any atom is -0.391 e. The predicted octanol–water partition coefficient (Wildman–Crippen LogP) is 2.38. The van der Waals surface area contributed by atoms with Gasteiger partial charge in [0, 0.05) is 25.0 Å². The average molecular weight is 273 g/mol. The van der Waals surface area contributed by atoms with Crippen molar-refractivity contribution in [1.82, 2.24) is 14.3 Å². The Morgan fingerprint density at radius 1 is 1.30 bits per heavy atom. The van der Waals surface area contributed by atoms with Gasteiger partial charge in [0.15, 0.2) is 0 Å². The Labute approximate surface area is 120 Å². The number of aliphatic hydroxyl groups is 1. The molecular formula is C16H23N3O. The smallest absolute Gasteiger partial charge is 0.137 e. The SMILES string of the molecule is Cc1ccc2nc(CN(C)C3CCCCC3O)cn2c1. The van der Waals surface area contributed by atoms with Crippen molar-refractivity contribution < 1.29 is 5.11 Å². The first-order chi connectivity index (χ1) is 9.63. The number of hydrogen-bond acceptors (Lipinski definition) is 3. The maximum absolute atomic E-state index is 10.1. The molecular weight excluding hydrogens is 250 g/mol. The summed E-state index contributed by atoms with van der Waals surface area (Å²) in [4.78, 5) is 6.90. The molecule has 1 fully saturated rings. The number of likely N-dealkylation sites (N-methyl/N-ethyl adjacent to an activating group) is 1. The van der Waals surface area contributed by atoms with Gasteiger partial charge in [-0.15, -0.1) is 0 Å². The number of hydrogen-bond donors (Lipinski definition) is 1. The monoisotopic (exact) mass is 273 g/mol. The first-order valence-corrected chi connectivity index (χ1v) is 7.46. The molecule has 0 bridgehead atoms. The van der Waals surface area contributed by atoms with E-state index in [9.17, 15) is 5.11 Å². The summed E-state index contributed by atoms with van der Waals surface area (Å²) in [7, 11) is 2.09. The fraction of sp³-hybridized carbons (Fsp3) is 0.562. The van der Waals surface area contributed by atoms with Crippen molar-refractivity contribution in [2.75, 3.05) is 7.05 Å². The van der Waals surface area contributed by atoms with Gasteiger partial charge in [0.2, 0.25) is 0 Å². The second-order valence-electron chi connectivity index (χ2n) is 6.04. The highest BCUT2D eigenvalue weighted by molar-refractivity contribution is 5.41. The molecule has 0 radical (unpaired) electrons.